The van der Waals surface area contributed by atoms with Gasteiger partial charge in [0.1, 0.15) is 0 Å². The Hall–Kier alpha value is -1.02. The molecule has 1 aliphatic carbocycles. The summed E-state index contributed by atoms with van der Waals surface area (Å²) in [6, 6.07) is 8.14. The molecule has 0 spiro atoms. The van der Waals surface area contributed by atoms with Gasteiger partial charge >= 0.3 is 0 Å². The fourth-order valence-electron chi connectivity index (χ4n) is 2.18. The Morgan fingerprint density at radius 1 is 1.00 bits per heavy atom. The Kier molecular flexibility index (Phi) is 2.73. The van der Waals surface area contributed by atoms with Gasteiger partial charge in [0.25, 0.3) is 0 Å². The summed E-state index contributed by atoms with van der Waals surface area (Å²) in [5.41, 5.74) is 7.83. The fourth-order valence-corrected chi connectivity index (χ4v) is 2.18. The molecule has 3 N–H and O–H groups in total. The average molecular weight is 191 g/mol. The molecule has 1 fully saturated rings. The lowest BCUT2D eigenvalue weighted by atomic mass is 9.83. The van der Waals surface area contributed by atoms with E-state index in [2.05, 4.69) is 12.1 Å². The quantitative estimate of drug-likeness (QED) is 0.669. The zero-order valence-electron chi connectivity index (χ0n) is 8.32. The second kappa shape index (κ2) is 4.01. The maximum Gasteiger partial charge on any atom is 0.0540 e. The number of hydrogen-bond donors (Lipinski definition) is 2. The minimum Gasteiger partial charge on any atom is -0.399 e. The van der Waals surface area contributed by atoms with Crippen molar-refractivity contribution in [3.8, 4) is 0 Å². The first-order valence-electron chi connectivity index (χ1n) is 5.29. The van der Waals surface area contributed by atoms with Crippen molar-refractivity contribution in [2.45, 2.75) is 37.7 Å². The van der Waals surface area contributed by atoms with Crippen molar-refractivity contribution in [1.82, 2.24) is 0 Å². The third-order valence-corrected chi connectivity index (χ3v) is 3.10. The van der Waals surface area contributed by atoms with Crippen LogP contribution in [0.3, 0.4) is 0 Å². The summed E-state index contributed by atoms with van der Waals surface area (Å²) in [4.78, 5) is 0. The SMILES string of the molecule is Nc1ccc(C2CCC(O)CC2)cc1. The third-order valence-electron chi connectivity index (χ3n) is 3.10. The van der Waals surface area contributed by atoms with Gasteiger partial charge in [0, 0.05) is 5.69 Å². The smallest absolute Gasteiger partial charge is 0.0540 e. The zero-order valence-corrected chi connectivity index (χ0v) is 8.32. The van der Waals surface area contributed by atoms with E-state index in [1.54, 1.807) is 0 Å². The summed E-state index contributed by atoms with van der Waals surface area (Å²) in [7, 11) is 0. The first-order chi connectivity index (χ1) is 6.75. The number of benzene rings is 1. The minimum atomic E-state index is -0.0694. The lowest BCUT2D eigenvalue weighted by molar-refractivity contribution is 0.122. The number of aliphatic hydroxyl groups is 1. The van der Waals surface area contributed by atoms with Gasteiger partial charge < -0.3 is 10.8 Å². The highest BCUT2D eigenvalue weighted by Crippen LogP contribution is 2.32. The number of aliphatic hydroxyl groups excluding tert-OH is 1. The number of nitrogen functional groups attached to an aromatic ring is 1. The molecule has 2 nitrogen and oxygen atoms in total. The summed E-state index contributed by atoms with van der Waals surface area (Å²) in [5, 5.41) is 9.40. The summed E-state index contributed by atoms with van der Waals surface area (Å²) < 4.78 is 0. The minimum absolute atomic E-state index is 0.0694. The van der Waals surface area contributed by atoms with Crippen molar-refractivity contribution >= 4 is 5.69 Å². The van der Waals surface area contributed by atoms with Crippen molar-refractivity contribution in [2.24, 2.45) is 0 Å². The van der Waals surface area contributed by atoms with E-state index < -0.39 is 0 Å². The molecule has 0 atom stereocenters. The predicted molar refractivity (Wildman–Crippen MR) is 58.1 cm³/mol. The van der Waals surface area contributed by atoms with E-state index in [0.29, 0.717) is 5.92 Å². The van der Waals surface area contributed by atoms with Crippen LogP contribution in [0.2, 0.25) is 0 Å². The fraction of sp³-hybridized carbons (Fsp3) is 0.500. The Morgan fingerprint density at radius 3 is 2.14 bits per heavy atom. The molecule has 0 unspecified atom stereocenters. The molecule has 1 aromatic rings. The zero-order chi connectivity index (χ0) is 9.97. The normalized spacial score (nSPS) is 27.5. The van der Waals surface area contributed by atoms with E-state index in [1.165, 1.54) is 5.56 Å². The first-order valence-corrected chi connectivity index (χ1v) is 5.29. The summed E-state index contributed by atoms with van der Waals surface area (Å²) in [6.07, 6.45) is 4.01. The van der Waals surface area contributed by atoms with Crippen molar-refractivity contribution < 1.29 is 5.11 Å². The van der Waals surface area contributed by atoms with Crippen molar-refractivity contribution in [3.05, 3.63) is 29.8 Å². The second-order valence-corrected chi connectivity index (χ2v) is 4.17. The molecule has 2 rings (SSSR count). The van der Waals surface area contributed by atoms with Crippen molar-refractivity contribution in [1.29, 1.82) is 0 Å². The highest BCUT2D eigenvalue weighted by Gasteiger charge is 2.20. The van der Waals surface area contributed by atoms with Crippen molar-refractivity contribution in [2.75, 3.05) is 5.73 Å². The highest BCUT2D eigenvalue weighted by molar-refractivity contribution is 5.40. The lowest BCUT2D eigenvalue weighted by Gasteiger charge is -2.25. The predicted octanol–water partition coefficient (Wildman–Crippen LogP) is 2.29. The van der Waals surface area contributed by atoms with Gasteiger partial charge in [-0.15, -0.1) is 0 Å². The monoisotopic (exact) mass is 191 g/mol. The Bertz CT molecular complexity index is 286. The average Bonchev–Trinajstić information content (AvgIpc) is 2.21. The molecule has 76 valence electrons. The lowest BCUT2D eigenvalue weighted by Crippen LogP contribution is -2.16. The topological polar surface area (TPSA) is 46.2 Å². The molecular formula is C12H17NO. The molecule has 0 saturated heterocycles. The molecule has 0 heterocycles. The maximum absolute atomic E-state index is 9.40. The van der Waals surface area contributed by atoms with Crippen LogP contribution >= 0.6 is 0 Å². The van der Waals surface area contributed by atoms with Gasteiger partial charge in [0.15, 0.2) is 0 Å². The third kappa shape index (κ3) is 2.07. The van der Waals surface area contributed by atoms with Crippen LogP contribution < -0.4 is 5.73 Å². The highest BCUT2D eigenvalue weighted by atomic mass is 16.3. The molecule has 2 heteroatoms. The van der Waals surface area contributed by atoms with Gasteiger partial charge in [-0.2, -0.15) is 0 Å². The van der Waals surface area contributed by atoms with Crippen LogP contribution in [0.4, 0.5) is 5.69 Å². The van der Waals surface area contributed by atoms with Crippen LogP contribution in [0.15, 0.2) is 24.3 Å². The summed E-state index contributed by atoms with van der Waals surface area (Å²) in [5.74, 6) is 0.624. The molecule has 0 radical (unpaired) electrons. The first kappa shape index (κ1) is 9.53. The Morgan fingerprint density at radius 2 is 1.57 bits per heavy atom. The van der Waals surface area contributed by atoms with E-state index in [4.69, 9.17) is 5.73 Å². The van der Waals surface area contributed by atoms with Gasteiger partial charge in [0.2, 0.25) is 0 Å². The van der Waals surface area contributed by atoms with E-state index in [0.717, 1.165) is 31.4 Å². The summed E-state index contributed by atoms with van der Waals surface area (Å²) >= 11 is 0. The van der Waals surface area contributed by atoms with Gasteiger partial charge in [-0.25, -0.2) is 0 Å². The van der Waals surface area contributed by atoms with Gasteiger partial charge in [-0.3, -0.25) is 0 Å². The Balaban J connectivity index is 2.05. The van der Waals surface area contributed by atoms with Gasteiger partial charge in [-0.1, -0.05) is 12.1 Å². The second-order valence-electron chi connectivity index (χ2n) is 4.17. The van der Waals surface area contributed by atoms with Crippen LogP contribution in [-0.4, -0.2) is 11.2 Å². The number of hydrogen-bond acceptors (Lipinski definition) is 2. The molecule has 1 aliphatic rings. The maximum atomic E-state index is 9.40. The van der Waals surface area contributed by atoms with Gasteiger partial charge in [-0.05, 0) is 49.3 Å². The van der Waals surface area contributed by atoms with Crippen LogP contribution in [0.1, 0.15) is 37.2 Å². The largest absolute Gasteiger partial charge is 0.399 e. The van der Waals surface area contributed by atoms with Crippen molar-refractivity contribution in [3.63, 3.8) is 0 Å². The van der Waals surface area contributed by atoms with E-state index >= 15 is 0 Å². The standard InChI is InChI=1S/C12H17NO/c13-11-5-1-9(2-6-11)10-3-7-12(14)8-4-10/h1-2,5-6,10,12,14H,3-4,7-8,13H2. The molecular weight excluding hydrogens is 174 g/mol. The number of anilines is 1. The molecule has 14 heavy (non-hydrogen) atoms. The van der Waals surface area contributed by atoms with E-state index in [9.17, 15) is 5.11 Å². The number of nitrogens with two attached hydrogens (primary N) is 1. The van der Waals surface area contributed by atoms with E-state index in [1.807, 2.05) is 12.1 Å². The van der Waals surface area contributed by atoms with Crippen LogP contribution in [0.5, 0.6) is 0 Å². The molecule has 0 amide bonds. The van der Waals surface area contributed by atoms with Crippen LogP contribution in [0, 0.1) is 0 Å². The van der Waals surface area contributed by atoms with Crippen LogP contribution in [0.25, 0.3) is 0 Å². The van der Waals surface area contributed by atoms with Gasteiger partial charge in [0.05, 0.1) is 6.10 Å². The van der Waals surface area contributed by atoms with E-state index in [-0.39, 0.29) is 6.10 Å². The molecule has 0 bridgehead atoms. The summed E-state index contributed by atoms with van der Waals surface area (Å²) in [6.45, 7) is 0. The van der Waals surface area contributed by atoms with Crippen LogP contribution in [-0.2, 0) is 0 Å². The molecule has 1 saturated carbocycles. The Labute approximate surface area is 84.7 Å². The molecule has 0 aromatic heterocycles. The molecule has 1 aromatic carbocycles. The molecule has 0 aliphatic heterocycles. The number of rotatable bonds is 1.